The van der Waals surface area contributed by atoms with E-state index in [-0.39, 0.29) is 11.3 Å². The van der Waals surface area contributed by atoms with E-state index in [1.807, 2.05) is 19.1 Å². The van der Waals surface area contributed by atoms with Gasteiger partial charge < -0.3 is 24.2 Å². The Morgan fingerprint density at radius 2 is 1.84 bits per heavy atom. The molecule has 0 radical (unpaired) electrons. The number of aliphatic hydroxyl groups excluding tert-OH is 1. The minimum absolute atomic E-state index is 0.0776. The molecule has 0 aliphatic carbocycles. The van der Waals surface area contributed by atoms with E-state index in [4.69, 9.17) is 14.2 Å². The van der Waals surface area contributed by atoms with Gasteiger partial charge in [0.25, 0.3) is 11.7 Å². The number of carbonyl (C=O) groups is 2. The first-order chi connectivity index (χ1) is 18.5. The fraction of sp³-hybridized carbons (Fsp3) is 0.400. The molecular weight excluding hydrogens is 484 g/mol. The number of aliphatic hydroxyl groups is 1. The van der Waals surface area contributed by atoms with Crippen molar-refractivity contribution in [3.05, 3.63) is 77.9 Å². The highest BCUT2D eigenvalue weighted by Crippen LogP contribution is 2.40. The number of ether oxygens (including phenoxy) is 3. The van der Waals surface area contributed by atoms with Gasteiger partial charge in [0.2, 0.25) is 0 Å². The maximum atomic E-state index is 13.3. The number of Topliss-reactive ketones (excluding diaryl/α,β-unsaturated/α-hetero) is 1. The highest BCUT2D eigenvalue weighted by molar-refractivity contribution is 6.46. The number of amides is 1. The maximum absolute atomic E-state index is 13.3. The van der Waals surface area contributed by atoms with Crippen LogP contribution in [-0.4, -0.2) is 79.2 Å². The van der Waals surface area contributed by atoms with Crippen LogP contribution >= 0.6 is 0 Å². The average molecular weight is 521 g/mol. The molecule has 8 heteroatoms. The number of likely N-dealkylation sites (tertiary alicyclic amines) is 1. The molecule has 2 fully saturated rings. The molecule has 2 aromatic rings. The van der Waals surface area contributed by atoms with Crippen LogP contribution in [0.15, 0.2) is 66.8 Å². The Balaban J connectivity index is 1.66. The van der Waals surface area contributed by atoms with Gasteiger partial charge in [-0.1, -0.05) is 43.8 Å². The molecule has 202 valence electrons. The highest BCUT2D eigenvalue weighted by atomic mass is 16.5. The van der Waals surface area contributed by atoms with Gasteiger partial charge in [-0.25, -0.2) is 0 Å². The minimum atomic E-state index is -0.714. The molecule has 38 heavy (non-hydrogen) atoms. The SMILES string of the molecule is C=CCOc1ccc(C2/C(=C(\O)c3cccc(OCCC)c3)C(=O)C(=O)N2CCCN2CCOCC2)cc1. The van der Waals surface area contributed by atoms with E-state index in [1.54, 1.807) is 47.4 Å². The molecule has 0 aromatic heterocycles. The second-order valence-corrected chi connectivity index (χ2v) is 9.35. The summed E-state index contributed by atoms with van der Waals surface area (Å²) in [5.41, 5.74) is 1.23. The molecule has 1 amide bonds. The summed E-state index contributed by atoms with van der Waals surface area (Å²) < 4.78 is 16.7. The molecule has 2 saturated heterocycles. The van der Waals surface area contributed by atoms with Gasteiger partial charge >= 0.3 is 0 Å². The number of rotatable bonds is 12. The van der Waals surface area contributed by atoms with Crippen molar-refractivity contribution in [2.24, 2.45) is 0 Å². The van der Waals surface area contributed by atoms with Crippen molar-refractivity contribution < 1.29 is 28.9 Å². The van der Waals surface area contributed by atoms with Gasteiger partial charge in [-0.2, -0.15) is 0 Å². The highest BCUT2D eigenvalue weighted by Gasteiger charge is 2.45. The van der Waals surface area contributed by atoms with E-state index in [2.05, 4.69) is 11.5 Å². The average Bonchev–Trinajstić information content (AvgIpc) is 3.20. The zero-order chi connectivity index (χ0) is 26.9. The summed E-state index contributed by atoms with van der Waals surface area (Å²) in [6.45, 7) is 10.9. The van der Waals surface area contributed by atoms with Crippen molar-refractivity contribution in [3.8, 4) is 11.5 Å². The minimum Gasteiger partial charge on any atom is -0.507 e. The van der Waals surface area contributed by atoms with Crippen molar-refractivity contribution in [1.82, 2.24) is 9.80 Å². The smallest absolute Gasteiger partial charge is 0.295 e. The van der Waals surface area contributed by atoms with Gasteiger partial charge in [0.1, 0.15) is 23.9 Å². The molecule has 0 spiro atoms. The van der Waals surface area contributed by atoms with Crippen LogP contribution in [0.25, 0.3) is 5.76 Å². The Hall–Kier alpha value is -3.62. The molecule has 2 heterocycles. The number of carbonyl (C=O) groups excluding carboxylic acids is 2. The standard InChI is InChI=1S/C30H36N2O6/c1-3-17-37-24-11-9-22(10-12-24)27-26(28(33)23-7-5-8-25(21-23)38-18-4-2)29(34)30(35)32(27)14-6-13-31-15-19-36-20-16-31/h3,5,7-12,21,27,33H,1,4,6,13-20H2,2H3/b28-26+. The van der Waals surface area contributed by atoms with E-state index in [0.29, 0.717) is 56.5 Å². The number of nitrogens with zero attached hydrogens (tertiary/aromatic N) is 2. The van der Waals surface area contributed by atoms with Gasteiger partial charge in [-0.05, 0) is 42.7 Å². The Kier molecular flexibility index (Phi) is 9.56. The number of hydrogen-bond donors (Lipinski definition) is 1. The van der Waals surface area contributed by atoms with Gasteiger partial charge in [-0.3, -0.25) is 14.5 Å². The molecule has 2 aromatic carbocycles. The molecule has 1 atom stereocenters. The van der Waals surface area contributed by atoms with Crippen LogP contribution in [0.3, 0.4) is 0 Å². The van der Waals surface area contributed by atoms with E-state index in [9.17, 15) is 14.7 Å². The molecule has 2 aliphatic heterocycles. The summed E-state index contributed by atoms with van der Waals surface area (Å²) in [5, 5.41) is 11.4. The first-order valence-electron chi connectivity index (χ1n) is 13.2. The third-order valence-corrected chi connectivity index (χ3v) is 6.66. The lowest BCUT2D eigenvalue weighted by atomic mass is 9.95. The second kappa shape index (κ2) is 13.3. The van der Waals surface area contributed by atoms with Gasteiger partial charge in [-0.15, -0.1) is 0 Å². The van der Waals surface area contributed by atoms with E-state index in [1.165, 1.54) is 0 Å². The maximum Gasteiger partial charge on any atom is 0.295 e. The van der Waals surface area contributed by atoms with Crippen LogP contribution in [0.2, 0.25) is 0 Å². The summed E-state index contributed by atoms with van der Waals surface area (Å²) in [5.74, 6) is -0.262. The number of benzene rings is 2. The van der Waals surface area contributed by atoms with Crippen molar-refractivity contribution in [3.63, 3.8) is 0 Å². The lowest BCUT2D eigenvalue weighted by Crippen LogP contribution is -2.38. The normalized spacial score (nSPS) is 19.5. The van der Waals surface area contributed by atoms with E-state index < -0.39 is 17.7 Å². The Bertz CT molecular complexity index is 1150. The van der Waals surface area contributed by atoms with Crippen molar-refractivity contribution in [1.29, 1.82) is 0 Å². The fourth-order valence-electron chi connectivity index (χ4n) is 4.76. The predicted molar refractivity (Wildman–Crippen MR) is 145 cm³/mol. The van der Waals surface area contributed by atoms with Crippen molar-refractivity contribution in [2.45, 2.75) is 25.8 Å². The van der Waals surface area contributed by atoms with Crippen LogP contribution < -0.4 is 9.47 Å². The summed E-state index contributed by atoms with van der Waals surface area (Å²) in [4.78, 5) is 30.5. The number of ketones is 1. The van der Waals surface area contributed by atoms with Crippen molar-refractivity contribution >= 4 is 17.4 Å². The molecule has 2 aliphatic rings. The lowest BCUT2D eigenvalue weighted by molar-refractivity contribution is -0.140. The molecular formula is C30H36N2O6. The van der Waals surface area contributed by atoms with Crippen LogP contribution in [0.1, 0.15) is 36.9 Å². The zero-order valence-corrected chi connectivity index (χ0v) is 21.9. The lowest BCUT2D eigenvalue weighted by Gasteiger charge is -2.29. The number of morpholine rings is 1. The van der Waals surface area contributed by atoms with Crippen LogP contribution in [-0.2, 0) is 14.3 Å². The zero-order valence-electron chi connectivity index (χ0n) is 21.9. The molecule has 4 rings (SSSR count). The third kappa shape index (κ3) is 6.44. The second-order valence-electron chi connectivity index (χ2n) is 9.35. The quantitative estimate of drug-likeness (QED) is 0.194. The van der Waals surface area contributed by atoms with Gasteiger partial charge in [0.15, 0.2) is 0 Å². The predicted octanol–water partition coefficient (Wildman–Crippen LogP) is 4.18. The van der Waals surface area contributed by atoms with E-state index >= 15 is 0 Å². The molecule has 8 nitrogen and oxygen atoms in total. The van der Waals surface area contributed by atoms with Gasteiger partial charge in [0.05, 0.1) is 31.4 Å². The van der Waals surface area contributed by atoms with Crippen molar-refractivity contribution in [2.75, 3.05) is 52.6 Å². The topological polar surface area (TPSA) is 88.5 Å². The first kappa shape index (κ1) is 27.4. The summed E-state index contributed by atoms with van der Waals surface area (Å²) in [6, 6.07) is 13.5. The van der Waals surface area contributed by atoms with Crippen LogP contribution in [0.4, 0.5) is 0 Å². The Labute approximate surface area is 224 Å². The monoisotopic (exact) mass is 520 g/mol. The largest absolute Gasteiger partial charge is 0.507 e. The summed E-state index contributed by atoms with van der Waals surface area (Å²) >= 11 is 0. The summed E-state index contributed by atoms with van der Waals surface area (Å²) in [6.07, 6.45) is 3.21. The number of hydrogen-bond acceptors (Lipinski definition) is 7. The molecule has 1 N–H and O–H groups in total. The molecule has 0 bridgehead atoms. The third-order valence-electron chi connectivity index (χ3n) is 6.66. The van der Waals surface area contributed by atoms with Crippen LogP contribution in [0.5, 0.6) is 11.5 Å². The van der Waals surface area contributed by atoms with E-state index in [0.717, 1.165) is 31.6 Å². The van der Waals surface area contributed by atoms with Gasteiger partial charge in [0, 0.05) is 31.7 Å². The first-order valence-corrected chi connectivity index (χ1v) is 13.2. The Morgan fingerprint density at radius 3 is 2.55 bits per heavy atom. The van der Waals surface area contributed by atoms with Crippen LogP contribution in [0, 0.1) is 0 Å². The summed E-state index contributed by atoms with van der Waals surface area (Å²) in [7, 11) is 0. The molecule has 0 saturated carbocycles. The fourth-order valence-corrected chi connectivity index (χ4v) is 4.76. The Morgan fingerprint density at radius 1 is 1.08 bits per heavy atom. The molecule has 1 unspecified atom stereocenters.